The van der Waals surface area contributed by atoms with E-state index < -0.39 is 10.0 Å². The van der Waals surface area contributed by atoms with Gasteiger partial charge < -0.3 is 9.72 Å². The van der Waals surface area contributed by atoms with Crippen molar-refractivity contribution in [3.8, 4) is 5.75 Å². The number of anilines is 1. The normalized spacial score (nSPS) is 14.2. The first-order chi connectivity index (χ1) is 12.5. The third kappa shape index (κ3) is 2.94. The number of hydrogen-bond donors (Lipinski definition) is 2. The number of aromatic amines is 1. The van der Waals surface area contributed by atoms with E-state index in [1.807, 2.05) is 19.1 Å². The Morgan fingerprint density at radius 2 is 1.88 bits per heavy atom. The van der Waals surface area contributed by atoms with E-state index in [1.165, 1.54) is 24.8 Å². The van der Waals surface area contributed by atoms with Crippen LogP contribution in [-0.2, 0) is 22.9 Å². The van der Waals surface area contributed by atoms with Crippen molar-refractivity contribution in [1.82, 2.24) is 4.98 Å². The highest BCUT2D eigenvalue weighted by molar-refractivity contribution is 7.92. The van der Waals surface area contributed by atoms with E-state index in [4.69, 9.17) is 4.74 Å². The van der Waals surface area contributed by atoms with Crippen molar-refractivity contribution >= 4 is 26.6 Å². The molecule has 1 aliphatic rings. The zero-order valence-electron chi connectivity index (χ0n) is 14.9. The molecule has 1 aromatic heterocycles. The summed E-state index contributed by atoms with van der Waals surface area (Å²) in [6, 6.07) is 10.7. The fraction of sp³-hybridized carbons (Fsp3) is 0.300. The molecule has 0 spiro atoms. The SMILES string of the molecule is COc1ccc(C)cc1NS(=O)(=O)c1ccc2[nH]c3c(c2c1)CCCC3. The number of fused-ring (bicyclic) bond motifs is 3. The van der Waals surface area contributed by atoms with Crippen molar-refractivity contribution in [3.05, 3.63) is 53.2 Å². The second-order valence-electron chi connectivity index (χ2n) is 6.81. The molecule has 0 amide bonds. The second kappa shape index (κ2) is 6.36. The van der Waals surface area contributed by atoms with Crippen molar-refractivity contribution < 1.29 is 13.2 Å². The maximum Gasteiger partial charge on any atom is 0.262 e. The summed E-state index contributed by atoms with van der Waals surface area (Å²) in [4.78, 5) is 3.70. The number of sulfonamides is 1. The summed E-state index contributed by atoms with van der Waals surface area (Å²) in [6.07, 6.45) is 4.36. The van der Waals surface area contributed by atoms with E-state index in [2.05, 4.69) is 9.71 Å². The number of benzene rings is 2. The molecule has 5 nitrogen and oxygen atoms in total. The lowest BCUT2D eigenvalue weighted by Gasteiger charge is -2.13. The van der Waals surface area contributed by atoms with Gasteiger partial charge in [-0.05, 0) is 74.1 Å². The molecule has 0 saturated heterocycles. The minimum atomic E-state index is -3.70. The zero-order chi connectivity index (χ0) is 18.3. The number of aromatic nitrogens is 1. The van der Waals surface area contributed by atoms with Gasteiger partial charge in [0.05, 0.1) is 17.7 Å². The van der Waals surface area contributed by atoms with Crippen LogP contribution in [0.25, 0.3) is 10.9 Å². The Balaban J connectivity index is 1.75. The molecule has 0 fully saturated rings. The van der Waals surface area contributed by atoms with Gasteiger partial charge in [-0.1, -0.05) is 6.07 Å². The van der Waals surface area contributed by atoms with Crippen LogP contribution in [0.3, 0.4) is 0 Å². The maximum absolute atomic E-state index is 12.9. The Kier molecular flexibility index (Phi) is 4.15. The van der Waals surface area contributed by atoms with E-state index >= 15 is 0 Å². The maximum atomic E-state index is 12.9. The summed E-state index contributed by atoms with van der Waals surface area (Å²) < 4.78 is 33.8. The first kappa shape index (κ1) is 17.0. The summed E-state index contributed by atoms with van der Waals surface area (Å²) >= 11 is 0. The summed E-state index contributed by atoms with van der Waals surface area (Å²) in [5.74, 6) is 0.499. The molecule has 0 bridgehead atoms. The summed E-state index contributed by atoms with van der Waals surface area (Å²) in [5, 5.41) is 1.01. The van der Waals surface area contributed by atoms with Gasteiger partial charge in [0.1, 0.15) is 5.75 Å². The minimum absolute atomic E-state index is 0.265. The van der Waals surface area contributed by atoms with Crippen molar-refractivity contribution in [3.63, 3.8) is 0 Å². The highest BCUT2D eigenvalue weighted by atomic mass is 32.2. The molecule has 0 aliphatic heterocycles. The predicted molar refractivity (Wildman–Crippen MR) is 103 cm³/mol. The molecule has 0 saturated carbocycles. The third-order valence-electron chi connectivity index (χ3n) is 4.98. The third-order valence-corrected chi connectivity index (χ3v) is 6.34. The predicted octanol–water partition coefficient (Wildman–Crippen LogP) is 4.16. The van der Waals surface area contributed by atoms with Crippen LogP contribution in [0.4, 0.5) is 5.69 Å². The Morgan fingerprint density at radius 1 is 1.08 bits per heavy atom. The largest absolute Gasteiger partial charge is 0.495 e. The lowest BCUT2D eigenvalue weighted by atomic mass is 9.96. The fourth-order valence-corrected chi connectivity index (χ4v) is 4.74. The Morgan fingerprint density at radius 3 is 2.69 bits per heavy atom. The molecule has 136 valence electrons. The molecule has 26 heavy (non-hydrogen) atoms. The van der Waals surface area contributed by atoms with Crippen molar-refractivity contribution in [2.24, 2.45) is 0 Å². The first-order valence-electron chi connectivity index (χ1n) is 8.79. The average molecular weight is 370 g/mol. The lowest BCUT2D eigenvalue weighted by molar-refractivity contribution is 0.417. The van der Waals surface area contributed by atoms with E-state index in [0.717, 1.165) is 35.7 Å². The second-order valence-corrected chi connectivity index (χ2v) is 8.49. The van der Waals surface area contributed by atoms with Gasteiger partial charge in [-0.2, -0.15) is 0 Å². The molecular weight excluding hydrogens is 348 g/mol. The summed E-state index contributed by atoms with van der Waals surface area (Å²) in [6.45, 7) is 1.91. The number of methoxy groups -OCH3 is 1. The van der Waals surface area contributed by atoms with Crippen LogP contribution in [0.5, 0.6) is 5.75 Å². The van der Waals surface area contributed by atoms with Gasteiger partial charge in [0, 0.05) is 16.6 Å². The molecule has 3 aromatic rings. The summed E-state index contributed by atoms with van der Waals surface area (Å²) in [7, 11) is -2.17. The zero-order valence-corrected chi connectivity index (χ0v) is 15.7. The lowest BCUT2D eigenvalue weighted by Crippen LogP contribution is -2.13. The molecule has 6 heteroatoms. The number of hydrogen-bond acceptors (Lipinski definition) is 3. The average Bonchev–Trinajstić information content (AvgIpc) is 2.99. The van der Waals surface area contributed by atoms with Crippen LogP contribution in [0.2, 0.25) is 0 Å². The monoisotopic (exact) mass is 370 g/mol. The Hall–Kier alpha value is -2.47. The standard InChI is InChI=1S/C20H22N2O3S/c1-13-7-10-20(25-2)19(11-13)22-26(23,24)14-8-9-18-16(12-14)15-5-3-4-6-17(15)21-18/h7-12,21-22H,3-6H2,1-2H3. The van der Waals surface area contributed by atoms with Gasteiger partial charge >= 0.3 is 0 Å². The Bertz CT molecular complexity index is 1080. The Labute approximate surface area is 153 Å². The molecule has 0 radical (unpaired) electrons. The van der Waals surface area contributed by atoms with Crippen molar-refractivity contribution in [1.29, 1.82) is 0 Å². The van der Waals surface area contributed by atoms with E-state index in [1.54, 1.807) is 24.3 Å². The van der Waals surface area contributed by atoms with Crippen LogP contribution in [0.15, 0.2) is 41.3 Å². The number of ether oxygens (including phenoxy) is 1. The molecular formula is C20H22N2O3S. The number of H-pyrrole nitrogens is 1. The van der Waals surface area contributed by atoms with Crippen LogP contribution >= 0.6 is 0 Å². The van der Waals surface area contributed by atoms with Crippen molar-refractivity contribution in [2.75, 3.05) is 11.8 Å². The van der Waals surface area contributed by atoms with Gasteiger partial charge in [0.15, 0.2) is 0 Å². The van der Waals surface area contributed by atoms with Crippen LogP contribution in [-0.4, -0.2) is 20.5 Å². The first-order valence-corrected chi connectivity index (χ1v) is 10.3. The van der Waals surface area contributed by atoms with E-state index in [9.17, 15) is 8.42 Å². The molecule has 2 N–H and O–H groups in total. The van der Waals surface area contributed by atoms with Crippen LogP contribution in [0.1, 0.15) is 29.7 Å². The molecule has 1 heterocycles. The van der Waals surface area contributed by atoms with Gasteiger partial charge in [0.2, 0.25) is 0 Å². The molecule has 0 unspecified atom stereocenters. The van der Waals surface area contributed by atoms with E-state index in [-0.39, 0.29) is 4.90 Å². The van der Waals surface area contributed by atoms with Crippen LogP contribution < -0.4 is 9.46 Å². The van der Waals surface area contributed by atoms with Gasteiger partial charge in [-0.3, -0.25) is 4.72 Å². The number of nitrogens with one attached hydrogen (secondary N) is 2. The quantitative estimate of drug-likeness (QED) is 0.724. The smallest absolute Gasteiger partial charge is 0.262 e. The minimum Gasteiger partial charge on any atom is -0.495 e. The molecule has 0 atom stereocenters. The van der Waals surface area contributed by atoms with Gasteiger partial charge in [0.25, 0.3) is 10.0 Å². The van der Waals surface area contributed by atoms with Crippen LogP contribution in [0, 0.1) is 6.92 Å². The highest BCUT2D eigenvalue weighted by Gasteiger charge is 2.20. The number of aryl methyl sites for hydroxylation is 3. The summed E-state index contributed by atoms with van der Waals surface area (Å²) in [5.41, 5.74) is 4.91. The molecule has 4 rings (SSSR count). The molecule has 1 aliphatic carbocycles. The van der Waals surface area contributed by atoms with Gasteiger partial charge in [-0.25, -0.2) is 8.42 Å². The van der Waals surface area contributed by atoms with Crippen molar-refractivity contribution in [2.45, 2.75) is 37.5 Å². The van der Waals surface area contributed by atoms with E-state index in [0.29, 0.717) is 11.4 Å². The highest BCUT2D eigenvalue weighted by Crippen LogP contribution is 2.32. The topological polar surface area (TPSA) is 71.2 Å². The fourth-order valence-electron chi connectivity index (χ4n) is 3.66. The number of rotatable bonds is 4. The van der Waals surface area contributed by atoms with Gasteiger partial charge in [-0.15, -0.1) is 0 Å². The molecule has 2 aromatic carbocycles.